The highest BCUT2D eigenvalue weighted by atomic mass is 35.5. The smallest absolute Gasteiger partial charge is 0.284 e. The van der Waals surface area contributed by atoms with E-state index in [4.69, 9.17) is 11.6 Å². The number of thioether (sulfide) groups is 1. The molecule has 1 aliphatic heterocycles. The lowest BCUT2D eigenvalue weighted by Gasteiger charge is -2.14. The van der Waals surface area contributed by atoms with Crippen molar-refractivity contribution >= 4 is 44.2 Å². The van der Waals surface area contributed by atoms with Gasteiger partial charge in [0.15, 0.2) is 5.04 Å². The Morgan fingerprint density at radius 1 is 1.10 bits per heavy atom. The molecule has 0 spiro atoms. The van der Waals surface area contributed by atoms with E-state index < -0.39 is 15.8 Å². The van der Waals surface area contributed by atoms with Gasteiger partial charge in [0.25, 0.3) is 10.0 Å². The van der Waals surface area contributed by atoms with Crippen LogP contribution in [0.3, 0.4) is 0 Å². The summed E-state index contributed by atoms with van der Waals surface area (Å²) in [7, 11) is -3.87. The van der Waals surface area contributed by atoms with Crippen molar-refractivity contribution in [1.29, 1.82) is 0 Å². The molecule has 2 aromatic rings. The molecule has 21 heavy (non-hydrogen) atoms. The summed E-state index contributed by atoms with van der Waals surface area (Å²) in [6.07, 6.45) is 0. The molecule has 0 atom stereocenters. The first-order valence-corrected chi connectivity index (χ1v) is 8.53. The van der Waals surface area contributed by atoms with Crippen molar-refractivity contribution in [3.8, 4) is 0 Å². The molecule has 0 bridgehead atoms. The van der Waals surface area contributed by atoms with E-state index in [0.717, 1.165) is 11.8 Å². The third-order valence-electron chi connectivity index (χ3n) is 2.82. The van der Waals surface area contributed by atoms with Crippen LogP contribution in [-0.2, 0) is 10.0 Å². The van der Waals surface area contributed by atoms with E-state index in [1.807, 2.05) is 0 Å². The summed E-state index contributed by atoms with van der Waals surface area (Å²) in [6, 6.07) is 12.8. The second kappa shape index (κ2) is 5.29. The number of hydrogen-bond acceptors (Lipinski definition) is 4. The summed E-state index contributed by atoms with van der Waals surface area (Å²) in [5.74, 6) is -0.421. The molecule has 1 heterocycles. The van der Waals surface area contributed by atoms with Gasteiger partial charge in [0.2, 0.25) is 5.78 Å². The van der Waals surface area contributed by atoms with Crippen molar-refractivity contribution < 1.29 is 13.2 Å². The SMILES string of the molecule is O=C(C1=NS(=O)(=O)c2ccc(Cl)cc2S1)c1ccccc1. The number of nitrogens with zero attached hydrogens (tertiary/aromatic N) is 1. The summed E-state index contributed by atoms with van der Waals surface area (Å²) < 4.78 is 27.9. The molecule has 1 aliphatic rings. The standard InChI is InChI=1S/C14H8ClNO3S2/c15-10-6-7-12-11(8-10)20-14(16-21(12,18)19)13(17)9-4-2-1-3-5-9/h1-8H. The quantitative estimate of drug-likeness (QED) is 0.788. The van der Waals surface area contributed by atoms with Gasteiger partial charge in [-0.2, -0.15) is 8.42 Å². The molecule has 0 radical (unpaired) electrons. The van der Waals surface area contributed by atoms with Crippen LogP contribution in [-0.4, -0.2) is 19.2 Å². The Bertz CT molecular complexity index is 861. The number of fused-ring (bicyclic) bond motifs is 1. The van der Waals surface area contributed by atoms with E-state index in [-0.39, 0.29) is 9.94 Å². The highest BCUT2D eigenvalue weighted by Crippen LogP contribution is 2.36. The van der Waals surface area contributed by atoms with Gasteiger partial charge in [-0.15, -0.1) is 4.40 Å². The van der Waals surface area contributed by atoms with Gasteiger partial charge in [-0.1, -0.05) is 53.7 Å². The molecular formula is C14H8ClNO3S2. The third kappa shape index (κ3) is 2.74. The molecule has 0 N–H and O–H groups in total. The molecule has 2 aromatic carbocycles. The van der Waals surface area contributed by atoms with Gasteiger partial charge < -0.3 is 0 Å². The minimum atomic E-state index is -3.87. The zero-order valence-electron chi connectivity index (χ0n) is 10.5. The van der Waals surface area contributed by atoms with Crippen LogP contribution in [0.1, 0.15) is 10.4 Å². The van der Waals surface area contributed by atoms with Crippen molar-refractivity contribution in [1.82, 2.24) is 0 Å². The first-order chi connectivity index (χ1) is 9.97. The van der Waals surface area contributed by atoms with Crippen molar-refractivity contribution in [2.75, 3.05) is 0 Å². The number of Topliss-reactive ketones (excluding diaryl/α,β-unsaturated/α-hetero) is 1. The zero-order chi connectivity index (χ0) is 15.0. The number of hydrogen-bond donors (Lipinski definition) is 0. The fraction of sp³-hybridized carbons (Fsp3) is 0. The van der Waals surface area contributed by atoms with E-state index >= 15 is 0 Å². The number of carbonyl (C=O) groups excluding carboxylic acids is 1. The topological polar surface area (TPSA) is 63.6 Å². The van der Waals surface area contributed by atoms with Crippen molar-refractivity contribution in [3.63, 3.8) is 0 Å². The zero-order valence-corrected chi connectivity index (χ0v) is 12.9. The maximum atomic E-state index is 12.3. The summed E-state index contributed by atoms with van der Waals surface area (Å²) >= 11 is 6.89. The highest BCUT2D eigenvalue weighted by molar-refractivity contribution is 8.17. The number of carbonyl (C=O) groups is 1. The summed E-state index contributed by atoms with van der Waals surface area (Å²) in [5, 5.41) is 0.334. The molecule has 3 rings (SSSR count). The summed E-state index contributed by atoms with van der Waals surface area (Å²) in [4.78, 5) is 12.8. The number of halogens is 1. The maximum Gasteiger partial charge on any atom is 0.284 e. The average molecular weight is 338 g/mol. The van der Waals surface area contributed by atoms with Crippen molar-refractivity contribution in [3.05, 3.63) is 59.1 Å². The first kappa shape index (κ1) is 14.3. The van der Waals surface area contributed by atoms with Crippen LogP contribution in [0.5, 0.6) is 0 Å². The number of rotatable bonds is 2. The van der Waals surface area contributed by atoms with E-state index in [0.29, 0.717) is 15.5 Å². The predicted molar refractivity (Wildman–Crippen MR) is 82.7 cm³/mol. The molecule has 0 unspecified atom stereocenters. The van der Waals surface area contributed by atoms with Gasteiger partial charge in [0, 0.05) is 15.5 Å². The van der Waals surface area contributed by atoms with E-state index in [1.54, 1.807) is 30.3 Å². The van der Waals surface area contributed by atoms with Gasteiger partial charge in [0.05, 0.1) is 0 Å². The maximum absolute atomic E-state index is 12.3. The highest BCUT2D eigenvalue weighted by Gasteiger charge is 2.29. The molecular weight excluding hydrogens is 330 g/mol. The second-order valence-corrected chi connectivity index (χ2v) is 7.30. The fourth-order valence-electron chi connectivity index (χ4n) is 1.86. The number of benzene rings is 2. The van der Waals surface area contributed by atoms with Gasteiger partial charge in [-0.05, 0) is 18.2 Å². The van der Waals surface area contributed by atoms with Crippen molar-refractivity contribution in [2.24, 2.45) is 4.40 Å². The molecule has 0 saturated carbocycles. The minimum Gasteiger partial charge on any atom is -0.286 e. The molecule has 0 aromatic heterocycles. The fourth-order valence-corrected chi connectivity index (χ4v) is 4.70. The average Bonchev–Trinajstić information content (AvgIpc) is 2.46. The first-order valence-electron chi connectivity index (χ1n) is 5.89. The third-order valence-corrected chi connectivity index (χ3v) is 5.67. The summed E-state index contributed by atoms with van der Waals surface area (Å²) in [6.45, 7) is 0. The van der Waals surface area contributed by atoms with E-state index in [9.17, 15) is 13.2 Å². The van der Waals surface area contributed by atoms with E-state index in [2.05, 4.69) is 4.40 Å². The van der Waals surface area contributed by atoms with E-state index in [1.165, 1.54) is 18.2 Å². The number of ketones is 1. The Morgan fingerprint density at radius 2 is 1.81 bits per heavy atom. The molecule has 0 fully saturated rings. The van der Waals surface area contributed by atoms with Gasteiger partial charge in [0.1, 0.15) is 4.90 Å². The molecule has 0 amide bonds. The van der Waals surface area contributed by atoms with Crippen LogP contribution < -0.4 is 0 Å². The van der Waals surface area contributed by atoms with Crippen LogP contribution in [0.25, 0.3) is 0 Å². The van der Waals surface area contributed by atoms with Crippen molar-refractivity contribution in [2.45, 2.75) is 9.79 Å². The van der Waals surface area contributed by atoms with Crippen LogP contribution in [0.2, 0.25) is 5.02 Å². The lowest BCUT2D eigenvalue weighted by Crippen LogP contribution is -2.17. The second-order valence-electron chi connectivity index (χ2n) is 4.26. The largest absolute Gasteiger partial charge is 0.286 e. The summed E-state index contributed by atoms with van der Waals surface area (Å²) in [5.41, 5.74) is 0.393. The molecule has 4 nitrogen and oxygen atoms in total. The minimum absolute atomic E-state index is 0.0708. The molecule has 0 saturated heterocycles. The van der Waals surface area contributed by atoms with Crippen LogP contribution in [0.15, 0.2) is 62.7 Å². The lowest BCUT2D eigenvalue weighted by molar-refractivity contribution is 0.106. The lowest BCUT2D eigenvalue weighted by atomic mass is 10.1. The van der Waals surface area contributed by atoms with Crippen LogP contribution in [0.4, 0.5) is 0 Å². The molecule has 106 valence electrons. The van der Waals surface area contributed by atoms with Gasteiger partial charge in [-0.3, -0.25) is 4.79 Å². The van der Waals surface area contributed by atoms with Gasteiger partial charge >= 0.3 is 0 Å². The Morgan fingerprint density at radius 3 is 2.52 bits per heavy atom. The van der Waals surface area contributed by atoms with Crippen LogP contribution in [0, 0.1) is 0 Å². The number of sulfonamides is 1. The van der Waals surface area contributed by atoms with Crippen LogP contribution >= 0.6 is 23.4 Å². The Kier molecular flexibility index (Phi) is 3.61. The van der Waals surface area contributed by atoms with Gasteiger partial charge in [-0.25, -0.2) is 0 Å². The monoisotopic (exact) mass is 337 g/mol. The normalized spacial score (nSPS) is 16.0. The Hall–Kier alpha value is -1.63. The molecule has 7 heteroatoms. The predicted octanol–water partition coefficient (Wildman–Crippen LogP) is 3.42. The Balaban J connectivity index is 2.07. The Labute approximate surface area is 130 Å². The molecule has 0 aliphatic carbocycles.